The van der Waals surface area contributed by atoms with Crippen molar-refractivity contribution in [3.8, 4) is 28.4 Å². The number of hydrogen-bond donors (Lipinski definition) is 1. The molecule has 2 heterocycles. The molecule has 0 aliphatic carbocycles. The molecule has 0 fully saturated rings. The number of carbonyl (C=O) groups excluding carboxylic acids is 1. The maximum atomic E-state index is 13.1. The molecule has 3 aromatic carbocycles. The Balaban J connectivity index is 1.35. The van der Waals surface area contributed by atoms with Crippen LogP contribution in [0.25, 0.3) is 22.1 Å². The first-order valence-electron chi connectivity index (χ1n) is 10.5. The molecule has 5 rings (SSSR count). The molecule has 0 saturated carbocycles. The van der Waals surface area contributed by atoms with E-state index in [0.717, 1.165) is 5.56 Å². The van der Waals surface area contributed by atoms with E-state index in [4.69, 9.17) is 18.6 Å². The van der Waals surface area contributed by atoms with E-state index in [0.29, 0.717) is 45.2 Å². The van der Waals surface area contributed by atoms with Gasteiger partial charge in [-0.05, 0) is 43.7 Å². The van der Waals surface area contributed by atoms with E-state index in [9.17, 15) is 9.59 Å². The minimum Gasteiger partial charge on any atom is -0.481 e. The second-order valence-electron chi connectivity index (χ2n) is 7.70. The molecule has 7 heteroatoms. The smallest absolute Gasteiger partial charge is 0.265 e. The number of fused-ring (bicyclic) bond motifs is 2. The van der Waals surface area contributed by atoms with Crippen molar-refractivity contribution in [1.29, 1.82) is 0 Å². The molecule has 0 spiro atoms. The average molecular weight is 443 g/mol. The van der Waals surface area contributed by atoms with Crippen molar-refractivity contribution < 1.29 is 23.4 Å². The average Bonchev–Trinajstić information content (AvgIpc) is 3.27. The number of anilines is 1. The number of ether oxygens (including phenoxy) is 3. The van der Waals surface area contributed by atoms with Gasteiger partial charge in [-0.25, -0.2) is 0 Å². The number of rotatable bonds is 5. The summed E-state index contributed by atoms with van der Waals surface area (Å²) in [6.07, 6.45) is -0.788. The molecule has 0 unspecified atom stereocenters. The monoisotopic (exact) mass is 443 g/mol. The van der Waals surface area contributed by atoms with E-state index in [1.165, 1.54) is 0 Å². The molecule has 1 aromatic heterocycles. The largest absolute Gasteiger partial charge is 0.481 e. The lowest BCUT2D eigenvalue weighted by Gasteiger charge is -2.15. The van der Waals surface area contributed by atoms with Gasteiger partial charge in [-0.3, -0.25) is 9.59 Å². The minimum absolute atomic E-state index is 0.111. The minimum atomic E-state index is -0.788. The van der Waals surface area contributed by atoms with Crippen molar-refractivity contribution >= 4 is 22.6 Å². The van der Waals surface area contributed by atoms with Gasteiger partial charge >= 0.3 is 0 Å². The fourth-order valence-electron chi connectivity index (χ4n) is 3.77. The summed E-state index contributed by atoms with van der Waals surface area (Å²) >= 11 is 0. The zero-order chi connectivity index (χ0) is 22.9. The van der Waals surface area contributed by atoms with Crippen LogP contribution < -0.4 is 25.0 Å². The lowest BCUT2D eigenvalue weighted by molar-refractivity contribution is -0.122. The van der Waals surface area contributed by atoms with Gasteiger partial charge in [0.1, 0.15) is 17.1 Å². The van der Waals surface area contributed by atoms with Crippen molar-refractivity contribution in [2.75, 3.05) is 12.1 Å². The molecule has 1 N–H and O–H groups in total. The van der Waals surface area contributed by atoms with Crippen LogP contribution in [0, 0.1) is 6.92 Å². The first kappa shape index (κ1) is 20.6. The third kappa shape index (κ3) is 4.01. The van der Waals surface area contributed by atoms with Gasteiger partial charge in [-0.2, -0.15) is 0 Å². The Morgan fingerprint density at radius 2 is 1.79 bits per heavy atom. The molecule has 33 heavy (non-hydrogen) atoms. The summed E-state index contributed by atoms with van der Waals surface area (Å²) in [6.45, 7) is 3.57. The van der Waals surface area contributed by atoms with Crippen molar-refractivity contribution in [3.05, 3.63) is 82.7 Å². The summed E-state index contributed by atoms with van der Waals surface area (Å²) in [5.74, 6) is 1.83. The highest BCUT2D eigenvalue weighted by Crippen LogP contribution is 2.34. The standard InChI is InChI=1S/C26H21NO6/c1-15-24(17-6-4-3-5-7-17)25(28)20-10-9-19(13-22(20)33-15)32-16(2)26(29)27-18-8-11-21-23(12-18)31-14-30-21/h3-13,16H,14H2,1-2H3,(H,27,29)/t16-/m0/s1. The Hall–Kier alpha value is -4.26. The number of hydrogen-bond acceptors (Lipinski definition) is 6. The molecule has 1 atom stereocenters. The molecule has 1 amide bonds. The van der Waals surface area contributed by atoms with Gasteiger partial charge in [0, 0.05) is 17.8 Å². The molecule has 0 saturated heterocycles. The molecule has 1 aliphatic rings. The van der Waals surface area contributed by atoms with Crippen molar-refractivity contribution in [2.45, 2.75) is 20.0 Å². The molecule has 7 nitrogen and oxygen atoms in total. The third-order valence-electron chi connectivity index (χ3n) is 5.42. The topological polar surface area (TPSA) is 87.0 Å². The van der Waals surface area contributed by atoms with E-state index < -0.39 is 6.10 Å². The lowest BCUT2D eigenvalue weighted by atomic mass is 10.0. The number of aryl methyl sites for hydroxylation is 1. The van der Waals surface area contributed by atoms with Gasteiger partial charge in [0.15, 0.2) is 17.6 Å². The quantitative estimate of drug-likeness (QED) is 0.472. The number of carbonyl (C=O) groups is 1. The highest BCUT2D eigenvalue weighted by Gasteiger charge is 2.19. The Morgan fingerprint density at radius 1 is 1.00 bits per heavy atom. The maximum Gasteiger partial charge on any atom is 0.265 e. The van der Waals surface area contributed by atoms with Crippen LogP contribution in [-0.2, 0) is 4.79 Å². The SMILES string of the molecule is Cc1oc2cc(O[C@@H](C)C(=O)Nc3ccc4c(c3)OCO4)ccc2c(=O)c1-c1ccccc1. The van der Waals surface area contributed by atoms with Gasteiger partial charge in [0.2, 0.25) is 12.2 Å². The van der Waals surface area contributed by atoms with Crippen LogP contribution in [0.4, 0.5) is 5.69 Å². The lowest BCUT2D eigenvalue weighted by Crippen LogP contribution is -2.30. The third-order valence-corrected chi connectivity index (χ3v) is 5.42. The summed E-state index contributed by atoms with van der Waals surface area (Å²) in [5, 5.41) is 3.25. The predicted molar refractivity (Wildman–Crippen MR) is 124 cm³/mol. The van der Waals surface area contributed by atoms with E-state index >= 15 is 0 Å². The van der Waals surface area contributed by atoms with Gasteiger partial charge in [-0.15, -0.1) is 0 Å². The fraction of sp³-hybridized carbons (Fsp3) is 0.154. The van der Waals surface area contributed by atoms with E-state index in [1.54, 1.807) is 50.2 Å². The van der Waals surface area contributed by atoms with Crippen LogP contribution in [0.1, 0.15) is 12.7 Å². The predicted octanol–water partition coefficient (Wildman–Crippen LogP) is 4.90. The fourth-order valence-corrected chi connectivity index (χ4v) is 3.77. The summed E-state index contributed by atoms with van der Waals surface area (Å²) in [5.41, 5.74) is 2.21. The van der Waals surface area contributed by atoms with Crippen LogP contribution in [0.3, 0.4) is 0 Å². The van der Waals surface area contributed by atoms with E-state index in [2.05, 4.69) is 5.32 Å². The van der Waals surface area contributed by atoms with Crippen LogP contribution >= 0.6 is 0 Å². The van der Waals surface area contributed by atoms with Gasteiger partial charge in [0.25, 0.3) is 5.91 Å². The Labute approximate surface area is 189 Å². The van der Waals surface area contributed by atoms with Crippen LogP contribution in [0.5, 0.6) is 17.2 Å². The van der Waals surface area contributed by atoms with Crippen LogP contribution in [-0.4, -0.2) is 18.8 Å². The van der Waals surface area contributed by atoms with Crippen molar-refractivity contribution in [3.63, 3.8) is 0 Å². The summed E-state index contributed by atoms with van der Waals surface area (Å²) in [7, 11) is 0. The van der Waals surface area contributed by atoms with Gasteiger partial charge < -0.3 is 23.9 Å². The molecular weight excluding hydrogens is 422 g/mol. The Bertz CT molecular complexity index is 1410. The van der Waals surface area contributed by atoms with E-state index in [-0.39, 0.29) is 18.1 Å². The number of amides is 1. The van der Waals surface area contributed by atoms with Gasteiger partial charge in [-0.1, -0.05) is 30.3 Å². The summed E-state index contributed by atoms with van der Waals surface area (Å²) in [4.78, 5) is 25.7. The number of nitrogens with one attached hydrogen (secondary N) is 1. The first-order chi connectivity index (χ1) is 16.0. The zero-order valence-corrected chi connectivity index (χ0v) is 18.1. The Morgan fingerprint density at radius 3 is 2.61 bits per heavy atom. The molecule has 0 radical (unpaired) electrons. The van der Waals surface area contributed by atoms with Crippen molar-refractivity contribution in [2.24, 2.45) is 0 Å². The van der Waals surface area contributed by atoms with Crippen LogP contribution in [0.15, 0.2) is 75.9 Å². The second-order valence-corrected chi connectivity index (χ2v) is 7.70. The highest BCUT2D eigenvalue weighted by atomic mass is 16.7. The molecule has 0 bridgehead atoms. The molecular formula is C26H21NO6. The van der Waals surface area contributed by atoms with Crippen molar-refractivity contribution in [1.82, 2.24) is 0 Å². The zero-order valence-electron chi connectivity index (χ0n) is 18.1. The molecule has 1 aliphatic heterocycles. The highest BCUT2D eigenvalue weighted by molar-refractivity contribution is 5.94. The number of benzene rings is 3. The normalized spacial score (nSPS) is 13.0. The maximum absolute atomic E-state index is 13.1. The first-order valence-corrected chi connectivity index (χ1v) is 10.5. The van der Waals surface area contributed by atoms with E-state index in [1.807, 2.05) is 30.3 Å². The second kappa shape index (κ2) is 8.35. The Kier molecular flexibility index (Phi) is 5.22. The summed E-state index contributed by atoms with van der Waals surface area (Å²) in [6, 6.07) is 19.5. The molecule has 166 valence electrons. The van der Waals surface area contributed by atoms with Gasteiger partial charge in [0.05, 0.1) is 10.9 Å². The summed E-state index contributed by atoms with van der Waals surface area (Å²) < 4.78 is 22.4. The molecule has 4 aromatic rings. The van der Waals surface area contributed by atoms with Crippen LogP contribution in [0.2, 0.25) is 0 Å².